The average molecular weight is 390 g/mol. The molecule has 6 nitrogen and oxygen atoms in total. The minimum atomic E-state index is -3.81. The molecule has 0 radical (unpaired) electrons. The summed E-state index contributed by atoms with van der Waals surface area (Å²) < 4.78 is 22.8. The Labute approximate surface area is 161 Å². The highest BCUT2D eigenvalue weighted by Crippen LogP contribution is 2.22. The molecule has 2 aromatic carbocycles. The van der Waals surface area contributed by atoms with Gasteiger partial charge in [0.05, 0.1) is 11.4 Å². The first-order valence-electron chi connectivity index (χ1n) is 8.95. The van der Waals surface area contributed by atoms with E-state index >= 15 is 0 Å². The standard InChI is InChI=1S/C20H27N3O3S/c1-4-15-8-10-16(11-9-15)20(14(2)3)22-13-19(24)23-17-6-5-7-18(12-17)27(21,25)26/h5-12,14,20,22H,4,13H2,1-3H3,(H,23,24)(H2,21,25,26)/t20-/m1/s1. The summed E-state index contributed by atoms with van der Waals surface area (Å²) in [5.41, 5.74) is 2.79. The first kappa shape index (κ1) is 21.1. The molecule has 0 aromatic heterocycles. The van der Waals surface area contributed by atoms with Gasteiger partial charge in [0, 0.05) is 11.7 Å². The molecule has 7 heteroatoms. The fourth-order valence-corrected chi connectivity index (χ4v) is 3.42. The lowest BCUT2D eigenvalue weighted by Gasteiger charge is -2.23. The first-order valence-corrected chi connectivity index (χ1v) is 10.5. The molecule has 0 fully saturated rings. The monoisotopic (exact) mass is 389 g/mol. The Hall–Kier alpha value is -2.22. The number of hydrogen-bond donors (Lipinski definition) is 3. The van der Waals surface area contributed by atoms with E-state index in [-0.39, 0.29) is 23.4 Å². The number of carbonyl (C=O) groups is 1. The molecule has 1 amide bonds. The van der Waals surface area contributed by atoms with Crippen molar-refractivity contribution in [3.8, 4) is 0 Å². The van der Waals surface area contributed by atoms with Crippen LogP contribution in [-0.4, -0.2) is 20.9 Å². The van der Waals surface area contributed by atoms with E-state index in [0.717, 1.165) is 12.0 Å². The molecule has 2 aromatic rings. The van der Waals surface area contributed by atoms with Gasteiger partial charge >= 0.3 is 0 Å². The molecule has 0 bridgehead atoms. The van der Waals surface area contributed by atoms with Crippen molar-refractivity contribution in [1.29, 1.82) is 0 Å². The van der Waals surface area contributed by atoms with Gasteiger partial charge < -0.3 is 10.6 Å². The third-order valence-electron chi connectivity index (χ3n) is 4.34. The Bertz CT molecular complexity index is 878. The maximum Gasteiger partial charge on any atom is 0.238 e. The van der Waals surface area contributed by atoms with Gasteiger partial charge in [0.15, 0.2) is 0 Å². The molecule has 0 heterocycles. The fourth-order valence-electron chi connectivity index (χ4n) is 2.86. The molecule has 1 atom stereocenters. The highest BCUT2D eigenvalue weighted by atomic mass is 32.2. The topological polar surface area (TPSA) is 101 Å². The zero-order chi connectivity index (χ0) is 20.0. The van der Waals surface area contributed by atoms with Crippen molar-refractivity contribution in [1.82, 2.24) is 5.32 Å². The fraction of sp³-hybridized carbons (Fsp3) is 0.350. The number of rotatable bonds is 8. The second-order valence-electron chi connectivity index (χ2n) is 6.82. The summed E-state index contributed by atoms with van der Waals surface area (Å²) in [5, 5.41) is 11.1. The molecule has 0 saturated carbocycles. The maximum absolute atomic E-state index is 12.3. The lowest BCUT2D eigenvalue weighted by atomic mass is 9.95. The third-order valence-corrected chi connectivity index (χ3v) is 5.25. The van der Waals surface area contributed by atoms with Crippen molar-refractivity contribution in [2.45, 2.75) is 38.1 Å². The SMILES string of the molecule is CCc1ccc([C@H](NCC(=O)Nc2cccc(S(N)(=O)=O)c2)C(C)C)cc1. The predicted molar refractivity (Wildman–Crippen MR) is 108 cm³/mol. The van der Waals surface area contributed by atoms with Gasteiger partial charge in [-0.05, 0) is 41.7 Å². The van der Waals surface area contributed by atoms with Crippen LogP contribution in [-0.2, 0) is 21.2 Å². The van der Waals surface area contributed by atoms with Crippen molar-refractivity contribution in [3.05, 3.63) is 59.7 Å². The van der Waals surface area contributed by atoms with E-state index in [0.29, 0.717) is 11.6 Å². The summed E-state index contributed by atoms with van der Waals surface area (Å²) in [6.07, 6.45) is 0.986. The van der Waals surface area contributed by atoms with E-state index in [4.69, 9.17) is 5.14 Å². The number of amides is 1. The number of anilines is 1. The Balaban J connectivity index is 2.01. The summed E-state index contributed by atoms with van der Waals surface area (Å²) in [6, 6.07) is 14.3. The number of primary sulfonamides is 1. The molecular weight excluding hydrogens is 362 g/mol. The molecule has 146 valence electrons. The van der Waals surface area contributed by atoms with E-state index in [1.165, 1.54) is 23.8 Å². The second-order valence-corrected chi connectivity index (χ2v) is 8.38. The molecule has 0 aliphatic heterocycles. The van der Waals surface area contributed by atoms with Gasteiger partial charge in [-0.15, -0.1) is 0 Å². The molecule has 0 aliphatic carbocycles. The van der Waals surface area contributed by atoms with Crippen molar-refractivity contribution in [3.63, 3.8) is 0 Å². The number of aryl methyl sites for hydroxylation is 1. The summed E-state index contributed by atoms with van der Waals surface area (Å²) >= 11 is 0. The van der Waals surface area contributed by atoms with Crippen molar-refractivity contribution in [2.24, 2.45) is 11.1 Å². The lowest BCUT2D eigenvalue weighted by Crippen LogP contribution is -2.33. The van der Waals surface area contributed by atoms with E-state index in [2.05, 4.69) is 55.7 Å². The molecule has 2 rings (SSSR count). The van der Waals surface area contributed by atoms with E-state index in [1.807, 2.05) is 0 Å². The smallest absolute Gasteiger partial charge is 0.238 e. The zero-order valence-electron chi connectivity index (χ0n) is 15.9. The van der Waals surface area contributed by atoms with Crippen LogP contribution < -0.4 is 15.8 Å². The van der Waals surface area contributed by atoms with Crippen LogP contribution in [0, 0.1) is 5.92 Å². The van der Waals surface area contributed by atoms with Gasteiger partial charge in [0.2, 0.25) is 15.9 Å². The Morgan fingerprint density at radius 1 is 1.11 bits per heavy atom. The van der Waals surface area contributed by atoms with Gasteiger partial charge in [0.25, 0.3) is 0 Å². The minimum Gasteiger partial charge on any atom is -0.325 e. The molecule has 0 aliphatic rings. The highest BCUT2D eigenvalue weighted by Gasteiger charge is 2.17. The number of benzene rings is 2. The molecular formula is C20H27N3O3S. The van der Waals surface area contributed by atoms with Gasteiger partial charge in [0.1, 0.15) is 0 Å². The van der Waals surface area contributed by atoms with Crippen LogP contribution in [0.5, 0.6) is 0 Å². The summed E-state index contributed by atoms with van der Waals surface area (Å²) in [4.78, 5) is 12.2. The molecule has 0 unspecified atom stereocenters. The van der Waals surface area contributed by atoms with E-state index in [1.54, 1.807) is 6.07 Å². The normalized spacial score (nSPS) is 12.8. The number of sulfonamides is 1. The quantitative estimate of drug-likeness (QED) is 0.646. The van der Waals surface area contributed by atoms with Crippen molar-refractivity contribution >= 4 is 21.6 Å². The zero-order valence-corrected chi connectivity index (χ0v) is 16.7. The average Bonchev–Trinajstić information content (AvgIpc) is 2.61. The van der Waals surface area contributed by atoms with E-state index < -0.39 is 10.0 Å². The van der Waals surface area contributed by atoms with Crippen LogP contribution in [0.4, 0.5) is 5.69 Å². The summed E-state index contributed by atoms with van der Waals surface area (Å²) in [6.45, 7) is 6.41. The summed E-state index contributed by atoms with van der Waals surface area (Å²) in [7, 11) is -3.81. The predicted octanol–water partition coefficient (Wildman–Crippen LogP) is 2.82. The van der Waals surface area contributed by atoms with Crippen LogP contribution in [0.1, 0.15) is 37.9 Å². The molecule has 0 spiro atoms. The van der Waals surface area contributed by atoms with Crippen molar-refractivity contribution in [2.75, 3.05) is 11.9 Å². The van der Waals surface area contributed by atoms with Crippen LogP contribution in [0.25, 0.3) is 0 Å². The second kappa shape index (κ2) is 9.12. The van der Waals surface area contributed by atoms with Crippen LogP contribution >= 0.6 is 0 Å². The number of nitrogens with two attached hydrogens (primary N) is 1. The van der Waals surface area contributed by atoms with Gasteiger partial charge in [-0.2, -0.15) is 0 Å². The Morgan fingerprint density at radius 3 is 2.33 bits per heavy atom. The molecule has 4 N–H and O–H groups in total. The minimum absolute atomic E-state index is 0.0377. The largest absolute Gasteiger partial charge is 0.325 e. The van der Waals surface area contributed by atoms with Gasteiger partial charge in [-0.1, -0.05) is 51.1 Å². The lowest BCUT2D eigenvalue weighted by molar-refractivity contribution is -0.115. The van der Waals surface area contributed by atoms with Crippen LogP contribution in [0.15, 0.2) is 53.4 Å². The Morgan fingerprint density at radius 2 is 1.78 bits per heavy atom. The maximum atomic E-state index is 12.3. The third kappa shape index (κ3) is 6.16. The number of hydrogen-bond acceptors (Lipinski definition) is 4. The number of nitrogens with one attached hydrogen (secondary N) is 2. The van der Waals surface area contributed by atoms with Gasteiger partial charge in [-0.25, -0.2) is 13.6 Å². The van der Waals surface area contributed by atoms with Crippen molar-refractivity contribution < 1.29 is 13.2 Å². The number of carbonyl (C=O) groups excluding carboxylic acids is 1. The summed E-state index contributed by atoms with van der Waals surface area (Å²) in [5.74, 6) is 0.0494. The highest BCUT2D eigenvalue weighted by molar-refractivity contribution is 7.89. The van der Waals surface area contributed by atoms with Gasteiger partial charge in [-0.3, -0.25) is 4.79 Å². The Kier molecular flexibility index (Phi) is 7.12. The van der Waals surface area contributed by atoms with E-state index in [9.17, 15) is 13.2 Å². The molecule has 0 saturated heterocycles. The van der Waals surface area contributed by atoms with Crippen LogP contribution in [0.2, 0.25) is 0 Å². The molecule has 27 heavy (non-hydrogen) atoms. The first-order chi connectivity index (χ1) is 12.7. The van der Waals surface area contributed by atoms with Crippen LogP contribution in [0.3, 0.4) is 0 Å².